The first-order valence-corrected chi connectivity index (χ1v) is 5.49. The third kappa shape index (κ3) is 3.89. The molecule has 90 valence electrons. The van der Waals surface area contributed by atoms with E-state index in [9.17, 15) is 4.39 Å². The number of hydrogen-bond acceptors (Lipinski definition) is 3. The maximum absolute atomic E-state index is 12.7. The van der Waals surface area contributed by atoms with Gasteiger partial charge in [0.05, 0.1) is 12.1 Å². The molecular formula is C12H19FN2O. The summed E-state index contributed by atoms with van der Waals surface area (Å²) in [4.78, 5) is 0. The molecule has 1 aromatic carbocycles. The highest BCUT2D eigenvalue weighted by Crippen LogP contribution is 2.09. The molecule has 0 radical (unpaired) electrons. The van der Waals surface area contributed by atoms with E-state index in [1.165, 1.54) is 12.1 Å². The second kappa shape index (κ2) is 6.58. The van der Waals surface area contributed by atoms with Gasteiger partial charge in [0.2, 0.25) is 0 Å². The van der Waals surface area contributed by atoms with Crippen molar-refractivity contribution in [3.8, 4) is 0 Å². The Labute approximate surface area is 95.8 Å². The van der Waals surface area contributed by atoms with Crippen LogP contribution in [0.1, 0.15) is 19.4 Å². The van der Waals surface area contributed by atoms with E-state index in [4.69, 9.17) is 10.6 Å². The van der Waals surface area contributed by atoms with Crippen molar-refractivity contribution in [2.24, 2.45) is 5.84 Å². The minimum absolute atomic E-state index is 0.0278. The average Bonchev–Trinajstić information content (AvgIpc) is 2.28. The molecule has 2 unspecified atom stereocenters. The van der Waals surface area contributed by atoms with Crippen LogP contribution in [0, 0.1) is 5.82 Å². The second-order valence-corrected chi connectivity index (χ2v) is 3.76. The van der Waals surface area contributed by atoms with Gasteiger partial charge in [-0.2, -0.15) is 0 Å². The molecule has 0 spiro atoms. The number of ether oxygens (including phenoxy) is 1. The predicted molar refractivity (Wildman–Crippen MR) is 62.3 cm³/mol. The zero-order valence-corrected chi connectivity index (χ0v) is 9.74. The number of nitrogens with two attached hydrogens (primary N) is 1. The predicted octanol–water partition coefficient (Wildman–Crippen LogP) is 1.63. The molecule has 3 nitrogen and oxygen atoms in total. The van der Waals surface area contributed by atoms with Crippen LogP contribution < -0.4 is 11.3 Å². The van der Waals surface area contributed by atoms with E-state index in [-0.39, 0.29) is 18.0 Å². The van der Waals surface area contributed by atoms with Gasteiger partial charge in [0.25, 0.3) is 0 Å². The highest BCUT2D eigenvalue weighted by Gasteiger charge is 2.16. The molecule has 0 heterocycles. The van der Waals surface area contributed by atoms with Gasteiger partial charge in [0, 0.05) is 6.61 Å². The normalized spacial score (nSPS) is 14.8. The standard InChI is InChI=1S/C12H19FN2O/c1-3-16-9(2)12(15-14)8-10-4-6-11(13)7-5-10/h4-7,9,12,15H,3,8,14H2,1-2H3. The Bertz CT molecular complexity index is 302. The van der Waals surface area contributed by atoms with Gasteiger partial charge in [-0.25, -0.2) is 4.39 Å². The van der Waals surface area contributed by atoms with E-state index in [1.54, 1.807) is 12.1 Å². The lowest BCUT2D eigenvalue weighted by Crippen LogP contribution is -2.45. The lowest BCUT2D eigenvalue weighted by molar-refractivity contribution is 0.0476. The zero-order chi connectivity index (χ0) is 12.0. The van der Waals surface area contributed by atoms with Crippen LogP contribution in [0.4, 0.5) is 4.39 Å². The van der Waals surface area contributed by atoms with Crippen LogP contribution in [0.15, 0.2) is 24.3 Å². The van der Waals surface area contributed by atoms with E-state index in [1.807, 2.05) is 13.8 Å². The molecule has 0 amide bonds. The molecule has 16 heavy (non-hydrogen) atoms. The summed E-state index contributed by atoms with van der Waals surface area (Å²) >= 11 is 0. The Morgan fingerprint density at radius 2 is 2.00 bits per heavy atom. The average molecular weight is 226 g/mol. The molecule has 0 saturated heterocycles. The molecule has 0 aliphatic rings. The molecule has 0 aromatic heterocycles. The van der Waals surface area contributed by atoms with E-state index in [0.29, 0.717) is 6.61 Å². The molecule has 3 N–H and O–H groups in total. The van der Waals surface area contributed by atoms with E-state index >= 15 is 0 Å². The van der Waals surface area contributed by atoms with Crippen molar-refractivity contribution in [1.29, 1.82) is 0 Å². The Balaban J connectivity index is 2.59. The van der Waals surface area contributed by atoms with Crippen LogP contribution in [0.2, 0.25) is 0 Å². The molecule has 4 heteroatoms. The fourth-order valence-corrected chi connectivity index (χ4v) is 1.61. The third-order valence-electron chi connectivity index (χ3n) is 2.58. The van der Waals surface area contributed by atoms with Crippen LogP contribution in [-0.2, 0) is 11.2 Å². The van der Waals surface area contributed by atoms with Gasteiger partial charge in [0.1, 0.15) is 5.82 Å². The van der Waals surface area contributed by atoms with E-state index < -0.39 is 0 Å². The molecule has 1 aromatic rings. The molecule has 0 aliphatic heterocycles. The SMILES string of the molecule is CCOC(C)C(Cc1ccc(F)cc1)NN. The first kappa shape index (κ1) is 13.1. The number of nitrogens with one attached hydrogen (secondary N) is 1. The Morgan fingerprint density at radius 3 is 2.50 bits per heavy atom. The zero-order valence-electron chi connectivity index (χ0n) is 9.74. The Morgan fingerprint density at radius 1 is 1.38 bits per heavy atom. The van der Waals surface area contributed by atoms with Crippen molar-refractivity contribution in [2.75, 3.05) is 6.61 Å². The Hall–Kier alpha value is -0.970. The van der Waals surface area contributed by atoms with Crippen molar-refractivity contribution in [3.05, 3.63) is 35.6 Å². The van der Waals surface area contributed by atoms with Crippen LogP contribution >= 0.6 is 0 Å². The molecule has 1 rings (SSSR count). The van der Waals surface area contributed by atoms with Crippen LogP contribution in [0.25, 0.3) is 0 Å². The third-order valence-corrected chi connectivity index (χ3v) is 2.58. The van der Waals surface area contributed by atoms with Crippen LogP contribution in [0.5, 0.6) is 0 Å². The molecule has 2 atom stereocenters. The lowest BCUT2D eigenvalue weighted by Gasteiger charge is -2.23. The minimum Gasteiger partial charge on any atom is -0.377 e. The maximum atomic E-state index is 12.7. The quantitative estimate of drug-likeness (QED) is 0.572. The highest BCUT2D eigenvalue weighted by atomic mass is 19.1. The summed E-state index contributed by atoms with van der Waals surface area (Å²) in [6, 6.07) is 6.46. The van der Waals surface area contributed by atoms with Gasteiger partial charge in [0.15, 0.2) is 0 Å². The maximum Gasteiger partial charge on any atom is 0.123 e. The summed E-state index contributed by atoms with van der Waals surface area (Å²) in [5.74, 6) is 5.25. The van der Waals surface area contributed by atoms with Crippen molar-refractivity contribution in [2.45, 2.75) is 32.4 Å². The molecule has 0 bridgehead atoms. The molecule has 0 saturated carbocycles. The van der Waals surface area contributed by atoms with E-state index in [0.717, 1.165) is 12.0 Å². The minimum atomic E-state index is -0.223. The van der Waals surface area contributed by atoms with E-state index in [2.05, 4.69) is 5.43 Å². The summed E-state index contributed by atoms with van der Waals surface area (Å²) in [5, 5.41) is 0. The molecular weight excluding hydrogens is 207 g/mol. The first-order chi connectivity index (χ1) is 7.67. The summed E-state index contributed by atoms with van der Waals surface area (Å²) in [7, 11) is 0. The first-order valence-electron chi connectivity index (χ1n) is 5.49. The fraction of sp³-hybridized carbons (Fsp3) is 0.500. The topological polar surface area (TPSA) is 47.3 Å². The summed E-state index contributed by atoms with van der Waals surface area (Å²) in [6.45, 7) is 4.57. The van der Waals surface area contributed by atoms with Gasteiger partial charge >= 0.3 is 0 Å². The molecule has 0 fully saturated rings. The summed E-state index contributed by atoms with van der Waals surface area (Å²) in [6.07, 6.45) is 0.748. The van der Waals surface area contributed by atoms with Gasteiger partial charge in [-0.05, 0) is 38.0 Å². The van der Waals surface area contributed by atoms with Crippen molar-refractivity contribution in [3.63, 3.8) is 0 Å². The van der Waals surface area contributed by atoms with Gasteiger partial charge in [-0.3, -0.25) is 11.3 Å². The summed E-state index contributed by atoms with van der Waals surface area (Å²) in [5.41, 5.74) is 3.77. The number of benzene rings is 1. The number of hydrazine groups is 1. The lowest BCUT2D eigenvalue weighted by atomic mass is 10.0. The van der Waals surface area contributed by atoms with Crippen LogP contribution in [-0.4, -0.2) is 18.8 Å². The van der Waals surface area contributed by atoms with Gasteiger partial charge in [-0.15, -0.1) is 0 Å². The van der Waals surface area contributed by atoms with Crippen LogP contribution in [0.3, 0.4) is 0 Å². The number of hydrogen-bond donors (Lipinski definition) is 2. The summed E-state index contributed by atoms with van der Waals surface area (Å²) < 4.78 is 18.2. The fourth-order valence-electron chi connectivity index (χ4n) is 1.61. The molecule has 0 aliphatic carbocycles. The highest BCUT2D eigenvalue weighted by molar-refractivity contribution is 5.17. The van der Waals surface area contributed by atoms with Gasteiger partial charge < -0.3 is 4.74 Å². The monoisotopic (exact) mass is 226 g/mol. The van der Waals surface area contributed by atoms with Gasteiger partial charge in [-0.1, -0.05) is 12.1 Å². The Kier molecular flexibility index (Phi) is 5.38. The number of halogens is 1. The van der Waals surface area contributed by atoms with Crippen molar-refractivity contribution >= 4 is 0 Å². The van der Waals surface area contributed by atoms with Crippen molar-refractivity contribution < 1.29 is 9.13 Å². The second-order valence-electron chi connectivity index (χ2n) is 3.76. The smallest absolute Gasteiger partial charge is 0.123 e. The van der Waals surface area contributed by atoms with Crippen molar-refractivity contribution in [1.82, 2.24) is 5.43 Å². The largest absolute Gasteiger partial charge is 0.377 e. The number of rotatable bonds is 6.